The van der Waals surface area contributed by atoms with Crippen LogP contribution in [0.1, 0.15) is 16.1 Å². The lowest BCUT2D eigenvalue weighted by atomic mass is 10.1. The summed E-state index contributed by atoms with van der Waals surface area (Å²) in [5, 5.41) is 20.5. The molecule has 1 aromatic carbocycles. The molecule has 0 spiro atoms. The Morgan fingerprint density at radius 2 is 2.12 bits per heavy atom. The quantitative estimate of drug-likeness (QED) is 0.329. The number of carboxylic acid groups (broad SMARTS) is 1. The van der Waals surface area contributed by atoms with Gasteiger partial charge in [0.25, 0.3) is 5.95 Å². The van der Waals surface area contributed by atoms with E-state index in [0.717, 1.165) is 0 Å². The predicted molar refractivity (Wildman–Crippen MR) is 102 cm³/mol. The molecule has 0 aliphatic rings. The van der Waals surface area contributed by atoms with Gasteiger partial charge in [-0.25, -0.2) is 14.9 Å². The van der Waals surface area contributed by atoms with E-state index in [1.807, 2.05) is 0 Å². The van der Waals surface area contributed by atoms with E-state index in [2.05, 4.69) is 20.7 Å². The lowest BCUT2D eigenvalue weighted by Gasteiger charge is -2.01. The van der Waals surface area contributed by atoms with Crippen molar-refractivity contribution in [3.05, 3.63) is 53.0 Å². The molecule has 4 N–H and O–H groups in total. The number of nitrogens with two attached hydrogens (primary N) is 1. The highest BCUT2D eigenvalue weighted by molar-refractivity contribution is 6.33. The van der Waals surface area contributed by atoms with Crippen LogP contribution in [0.25, 0.3) is 11.3 Å². The number of halogens is 3. The lowest BCUT2D eigenvalue weighted by Crippen LogP contribution is -2.10. The van der Waals surface area contributed by atoms with Gasteiger partial charge in [-0.1, -0.05) is 11.6 Å². The Labute approximate surface area is 164 Å². The van der Waals surface area contributed by atoms with Crippen LogP contribution < -0.4 is 11.3 Å². The first-order valence-electron chi connectivity index (χ1n) is 6.62. The molecule has 0 bridgehead atoms. The number of aromatic nitrogens is 3. The van der Waals surface area contributed by atoms with Crippen LogP contribution >= 0.6 is 36.4 Å². The SMILES string of the molecule is Cl.Cl.Nn1cnnc1N/N=C/c1ccc(-c2ccc(Cl)c(C(=O)O)c2)o1. The van der Waals surface area contributed by atoms with E-state index in [9.17, 15) is 4.79 Å². The average Bonchev–Trinajstić information content (AvgIpc) is 3.17. The van der Waals surface area contributed by atoms with Gasteiger partial charge >= 0.3 is 5.97 Å². The second-order valence-corrected chi connectivity index (χ2v) is 5.04. The summed E-state index contributed by atoms with van der Waals surface area (Å²) in [5.41, 5.74) is 3.19. The molecule has 0 atom stereocenters. The molecule has 0 amide bonds. The number of nitrogen functional groups attached to an aromatic ring is 1. The van der Waals surface area contributed by atoms with Crippen molar-refractivity contribution in [2.24, 2.45) is 5.10 Å². The largest absolute Gasteiger partial charge is 0.478 e. The molecule has 0 radical (unpaired) electrons. The summed E-state index contributed by atoms with van der Waals surface area (Å²) in [6, 6.07) is 8.00. The zero-order valence-corrected chi connectivity index (χ0v) is 15.3. The third-order valence-electron chi connectivity index (χ3n) is 3.04. The highest BCUT2D eigenvalue weighted by Gasteiger charge is 2.12. The molecule has 0 fully saturated rings. The minimum Gasteiger partial charge on any atom is -0.478 e. The van der Waals surface area contributed by atoms with Crippen molar-refractivity contribution in [1.82, 2.24) is 14.9 Å². The van der Waals surface area contributed by atoms with Crippen molar-refractivity contribution >= 4 is 54.5 Å². The van der Waals surface area contributed by atoms with Crippen LogP contribution in [0.2, 0.25) is 5.02 Å². The topological polar surface area (TPSA) is 132 Å². The standard InChI is InChI=1S/C14H11ClN6O3.2ClH/c15-11-3-1-8(5-10(11)13(22)23)12-4-2-9(24-12)6-17-19-14-20-18-7-21(14)16;;/h1-7H,16H2,(H,19,20)(H,22,23);2*1H/b17-6+;;. The van der Waals surface area contributed by atoms with Crippen LogP contribution in [0.4, 0.5) is 5.95 Å². The maximum atomic E-state index is 11.1. The van der Waals surface area contributed by atoms with Gasteiger partial charge in [0.2, 0.25) is 0 Å². The van der Waals surface area contributed by atoms with Crippen LogP contribution in [0, 0.1) is 0 Å². The fourth-order valence-electron chi connectivity index (χ4n) is 1.90. The minimum atomic E-state index is -1.11. The second-order valence-electron chi connectivity index (χ2n) is 4.63. The number of anilines is 1. The third-order valence-corrected chi connectivity index (χ3v) is 3.37. The predicted octanol–water partition coefficient (Wildman–Crippen LogP) is 2.89. The van der Waals surface area contributed by atoms with E-state index in [1.54, 1.807) is 18.2 Å². The van der Waals surface area contributed by atoms with E-state index < -0.39 is 5.97 Å². The molecule has 0 unspecified atom stereocenters. The number of hydrogen-bond acceptors (Lipinski definition) is 7. The summed E-state index contributed by atoms with van der Waals surface area (Å²) >= 11 is 5.85. The highest BCUT2D eigenvalue weighted by Crippen LogP contribution is 2.26. The minimum absolute atomic E-state index is 0. The summed E-state index contributed by atoms with van der Waals surface area (Å²) in [6.07, 6.45) is 2.75. The number of rotatable bonds is 5. The summed E-state index contributed by atoms with van der Waals surface area (Å²) in [7, 11) is 0. The Morgan fingerprint density at radius 1 is 1.35 bits per heavy atom. The summed E-state index contributed by atoms with van der Waals surface area (Å²) in [6.45, 7) is 0. The van der Waals surface area contributed by atoms with Gasteiger partial charge in [-0.3, -0.25) is 0 Å². The molecule has 0 aliphatic carbocycles. The summed E-state index contributed by atoms with van der Waals surface area (Å²) < 4.78 is 6.77. The van der Waals surface area contributed by atoms with Crippen LogP contribution in [-0.4, -0.2) is 32.2 Å². The molecular formula is C14H13Cl3N6O3. The van der Waals surface area contributed by atoms with Crippen LogP contribution in [0.5, 0.6) is 0 Å². The number of nitrogens with one attached hydrogen (secondary N) is 1. The number of hydrogen-bond donors (Lipinski definition) is 3. The Balaban J connectivity index is 0.00000169. The first-order chi connectivity index (χ1) is 11.5. The van der Waals surface area contributed by atoms with E-state index in [4.69, 9.17) is 27.0 Å². The average molecular weight is 420 g/mol. The van der Waals surface area contributed by atoms with Gasteiger partial charge in [0.15, 0.2) is 0 Å². The molecule has 2 heterocycles. The van der Waals surface area contributed by atoms with Crippen molar-refractivity contribution in [2.45, 2.75) is 0 Å². The molecular weight excluding hydrogens is 407 g/mol. The fourth-order valence-corrected chi connectivity index (χ4v) is 2.09. The maximum Gasteiger partial charge on any atom is 0.337 e. The monoisotopic (exact) mass is 418 g/mol. The number of carboxylic acids is 1. The Hall–Kier alpha value is -2.75. The van der Waals surface area contributed by atoms with Crippen LogP contribution in [-0.2, 0) is 0 Å². The Kier molecular flexibility index (Phi) is 7.44. The lowest BCUT2D eigenvalue weighted by molar-refractivity contribution is 0.0697. The molecule has 9 nitrogen and oxygen atoms in total. The van der Waals surface area contributed by atoms with Crippen molar-refractivity contribution in [3.63, 3.8) is 0 Å². The van der Waals surface area contributed by atoms with Gasteiger partial charge in [0, 0.05) is 5.56 Å². The smallest absolute Gasteiger partial charge is 0.337 e. The first-order valence-corrected chi connectivity index (χ1v) is 6.99. The van der Waals surface area contributed by atoms with Crippen LogP contribution in [0.15, 0.2) is 46.2 Å². The van der Waals surface area contributed by atoms with Crippen molar-refractivity contribution < 1.29 is 14.3 Å². The second kappa shape index (κ2) is 9.09. The van der Waals surface area contributed by atoms with Gasteiger partial charge in [-0.05, 0) is 30.3 Å². The molecule has 0 saturated heterocycles. The van der Waals surface area contributed by atoms with Crippen molar-refractivity contribution in [2.75, 3.05) is 11.3 Å². The van der Waals surface area contributed by atoms with Gasteiger partial charge in [0.05, 0.1) is 16.8 Å². The van der Waals surface area contributed by atoms with Crippen LogP contribution in [0.3, 0.4) is 0 Å². The molecule has 138 valence electrons. The molecule has 12 heteroatoms. The van der Waals surface area contributed by atoms with E-state index in [-0.39, 0.29) is 41.3 Å². The van der Waals surface area contributed by atoms with E-state index >= 15 is 0 Å². The van der Waals surface area contributed by atoms with Crippen molar-refractivity contribution in [3.8, 4) is 11.3 Å². The summed E-state index contributed by atoms with van der Waals surface area (Å²) in [5.74, 6) is 5.62. The number of furan rings is 1. The number of benzene rings is 1. The van der Waals surface area contributed by atoms with Gasteiger partial charge < -0.3 is 15.4 Å². The molecule has 3 rings (SSSR count). The molecule has 0 aliphatic heterocycles. The number of aromatic carboxylic acids is 1. The number of hydrazone groups is 1. The Morgan fingerprint density at radius 3 is 2.77 bits per heavy atom. The number of nitrogens with zero attached hydrogens (tertiary/aromatic N) is 4. The maximum absolute atomic E-state index is 11.1. The third kappa shape index (κ3) is 4.66. The Bertz CT molecular complexity index is 924. The van der Waals surface area contributed by atoms with Gasteiger partial charge in [-0.15, -0.1) is 35.0 Å². The highest BCUT2D eigenvalue weighted by atomic mass is 35.5. The first kappa shape index (κ1) is 21.3. The molecule has 0 saturated carbocycles. The normalized spacial score (nSPS) is 10.2. The number of carbonyl (C=O) groups is 1. The fraction of sp³-hybridized carbons (Fsp3) is 0. The van der Waals surface area contributed by atoms with Crippen molar-refractivity contribution in [1.29, 1.82) is 0 Å². The summed E-state index contributed by atoms with van der Waals surface area (Å²) in [4.78, 5) is 11.1. The van der Waals surface area contributed by atoms with E-state index in [1.165, 1.54) is 29.4 Å². The zero-order chi connectivity index (χ0) is 17.1. The van der Waals surface area contributed by atoms with Gasteiger partial charge in [-0.2, -0.15) is 5.10 Å². The zero-order valence-electron chi connectivity index (χ0n) is 12.9. The van der Waals surface area contributed by atoms with E-state index in [0.29, 0.717) is 17.1 Å². The van der Waals surface area contributed by atoms with Gasteiger partial charge in [0.1, 0.15) is 17.8 Å². The molecule has 2 aromatic heterocycles. The molecule has 3 aromatic rings. The molecule has 26 heavy (non-hydrogen) atoms.